The Kier molecular flexibility index (Phi) is 4.42. The smallest absolute Gasteiger partial charge is 0.213 e. The van der Waals surface area contributed by atoms with Crippen LogP contribution in [0.2, 0.25) is 0 Å². The zero-order valence-corrected chi connectivity index (χ0v) is 10.6. The third-order valence-corrected chi connectivity index (χ3v) is 2.98. The van der Waals surface area contributed by atoms with Gasteiger partial charge in [-0.1, -0.05) is 36.4 Å². The Balaban J connectivity index is 2.32. The predicted molar refractivity (Wildman–Crippen MR) is 73.2 cm³/mol. The van der Waals surface area contributed by atoms with E-state index >= 15 is 0 Å². The molecule has 0 saturated carbocycles. The number of aliphatic hydroxyl groups excluding tert-OH is 1. The number of hydrogen-bond donors (Lipinski definition) is 1. The summed E-state index contributed by atoms with van der Waals surface area (Å²) in [7, 11) is 0. The Hall–Kier alpha value is -2.00. The van der Waals surface area contributed by atoms with Crippen LogP contribution in [0.4, 0.5) is 4.39 Å². The summed E-state index contributed by atoms with van der Waals surface area (Å²) < 4.78 is 13.1. The highest BCUT2D eigenvalue weighted by atomic mass is 19.1. The van der Waals surface area contributed by atoms with Crippen molar-refractivity contribution in [3.05, 3.63) is 77.9 Å². The number of aryl methyl sites for hydroxylation is 1. The molecule has 0 aliphatic rings. The molecule has 0 amide bonds. The van der Waals surface area contributed by atoms with E-state index in [-0.39, 0.29) is 0 Å². The molecule has 1 aromatic carbocycles. The van der Waals surface area contributed by atoms with Gasteiger partial charge in [0.15, 0.2) is 0 Å². The van der Waals surface area contributed by atoms with Crippen molar-refractivity contribution in [3.8, 4) is 0 Å². The van der Waals surface area contributed by atoms with Crippen molar-refractivity contribution < 1.29 is 9.50 Å². The number of halogens is 1. The fraction of sp³-hybridized carbons (Fsp3) is 0.188. The summed E-state index contributed by atoms with van der Waals surface area (Å²) in [5.74, 6) is -0.583. The molecule has 2 aromatic rings. The Morgan fingerprint density at radius 3 is 2.74 bits per heavy atom. The fourth-order valence-corrected chi connectivity index (χ4v) is 2.02. The second-order valence-corrected chi connectivity index (χ2v) is 4.31. The molecule has 0 bridgehead atoms. The lowest BCUT2D eigenvalue weighted by molar-refractivity contribution is 0.212. The molecule has 0 aliphatic heterocycles. The maximum atomic E-state index is 13.1. The van der Waals surface area contributed by atoms with Gasteiger partial charge >= 0.3 is 0 Å². The third-order valence-electron chi connectivity index (χ3n) is 2.98. The molecule has 0 fully saturated rings. The molecule has 2 rings (SSSR count). The van der Waals surface area contributed by atoms with E-state index in [1.807, 2.05) is 30.3 Å². The van der Waals surface area contributed by atoms with E-state index in [4.69, 9.17) is 0 Å². The molecule has 0 radical (unpaired) electrons. The number of benzene rings is 1. The van der Waals surface area contributed by atoms with Crippen LogP contribution in [-0.2, 0) is 6.42 Å². The Morgan fingerprint density at radius 2 is 2.00 bits per heavy atom. The zero-order valence-electron chi connectivity index (χ0n) is 10.6. The molecule has 1 unspecified atom stereocenters. The van der Waals surface area contributed by atoms with Crippen molar-refractivity contribution in [2.75, 3.05) is 0 Å². The van der Waals surface area contributed by atoms with Crippen LogP contribution in [0.25, 0.3) is 0 Å². The topological polar surface area (TPSA) is 33.1 Å². The molecule has 1 N–H and O–H groups in total. The summed E-state index contributed by atoms with van der Waals surface area (Å²) in [5, 5.41) is 10.3. The Morgan fingerprint density at radius 1 is 1.21 bits per heavy atom. The first-order valence-electron chi connectivity index (χ1n) is 6.21. The van der Waals surface area contributed by atoms with Gasteiger partial charge in [0, 0.05) is 0 Å². The van der Waals surface area contributed by atoms with Gasteiger partial charge in [0.05, 0.1) is 5.69 Å². The molecule has 3 heteroatoms. The molecule has 1 aromatic heterocycles. The van der Waals surface area contributed by atoms with E-state index in [9.17, 15) is 9.50 Å². The number of nitrogens with zero attached hydrogens (tertiary/aromatic N) is 1. The maximum Gasteiger partial charge on any atom is 0.213 e. The number of allylic oxidation sites excluding steroid dienone is 1. The molecule has 98 valence electrons. The van der Waals surface area contributed by atoms with Gasteiger partial charge in [-0.2, -0.15) is 4.39 Å². The average molecular weight is 257 g/mol. The van der Waals surface area contributed by atoms with E-state index in [0.717, 1.165) is 24.0 Å². The van der Waals surface area contributed by atoms with Gasteiger partial charge in [-0.05, 0) is 36.1 Å². The van der Waals surface area contributed by atoms with Crippen molar-refractivity contribution in [2.24, 2.45) is 0 Å². The molecule has 0 spiro atoms. The minimum atomic E-state index is -0.906. The van der Waals surface area contributed by atoms with Crippen molar-refractivity contribution in [3.63, 3.8) is 0 Å². The van der Waals surface area contributed by atoms with Gasteiger partial charge in [0.2, 0.25) is 5.95 Å². The summed E-state index contributed by atoms with van der Waals surface area (Å²) in [6.07, 6.45) is 2.56. The van der Waals surface area contributed by atoms with Gasteiger partial charge in [-0.3, -0.25) is 0 Å². The molecule has 19 heavy (non-hydrogen) atoms. The molecule has 0 aliphatic carbocycles. The van der Waals surface area contributed by atoms with Gasteiger partial charge in [-0.25, -0.2) is 4.98 Å². The molecular formula is C16H16FNO. The second kappa shape index (κ2) is 6.25. The van der Waals surface area contributed by atoms with Crippen LogP contribution in [0.3, 0.4) is 0 Å². The van der Waals surface area contributed by atoms with Gasteiger partial charge in [-0.15, -0.1) is 6.58 Å². The lowest BCUT2D eigenvalue weighted by Crippen LogP contribution is -2.06. The van der Waals surface area contributed by atoms with Crippen LogP contribution in [0.1, 0.15) is 29.3 Å². The van der Waals surface area contributed by atoms with Crippen LogP contribution in [0, 0.1) is 5.95 Å². The van der Waals surface area contributed by atoms with E-state index < -0.39 is 12.1 Å². The monoisotopic (exact) mass is 257 g/mol. The van der Waals surface area contributed by atoms with Crippen LogP contribution in [0.15, 0.2) is 55.1 Å². The maximum absolute atomic E-state index is 13.1. The SMILES string of the molecule is C=CCCc1ccccc1C(O)c1cccc(F)n1. The molecule has 1 atom stereocenters. The summed E-state index contributed by atoms with van der Waals surface area (Å²) in [6, 6.07) is 12.0. The standard InChI is InChI=1S/C16H16FNO/c1-2-3-7-12-8-4-5-9-13(12)16(19)14-10-6-11-15(17)18-14/h2,4-6,8-11,16,19H,1,3,7H2. The zero-order chi connectivity index (χ0) is 13.7. The van der Waals surface area contributed by atoms with Gasteiger partial charge in [0.25, 0.3) is 0 Å². The van der Waals surface area contributed by atoms with Crippen molar-refractivity contribution in [2.45, 2.75) is 18.9 Å². The number of rotatable bonds is 5. The van der Waals surface area contributed by atoms with E-state index in [2.05, 4.69) is 11.6 Å². The first kappa shape index (κ1) is 13.4. The molecule has 2 nitrogen and oxygen atoms in total. The van der Waals surface area contributed by atoms with Gasteiger partial charge < -0.3 is 5.11 Å². The highest BCUT2D eigenvalue weighted by Gasteiger charge is 2.15. The molecule has 0 saturated heterocycles. The summed E-state index contributed by atoms with van der Waals surface area (Å²) in [5.41, 5.74) is 2.12. The summed E-state index contributed by atoms with van der Waals surface area (Å²) in [4.78, 5) is 3.73. The summed E-state index contributed by atoms with van der Waals surface area (Å²) in [6.45, 7) is 3.70. The summed E-state index contributed by atoms with van der Waals surface area (Å²) >= 11 is 0. The lowest BCUT2D eigenvalue weighted by atomic mass is 9.97. The van der Waals surface area contributed by atoms with Crippen LogP contribution >= 0.6 is 0 Å². The van der Waals surface area contributed by atoms with E-state index in [0.29, 0.717) is 5.69 Å². The van der Waals surface area contributed by atoms with Gasteiger partial charge in [0.1, 0.15) is 6.10 Å². The first-order chi connectivity index (χ1) is 9.22. The Bertz CT molecular complexity index is 568. The number of aliphatic hydroxyl groups is 1. The normalized spacial score (nSPS) is 12.1. The van der Waals surface area contributed by atoms with Crippen LogP contribution < -0.4 is 0 Å². The molecule has 1 heterocycles. The van der Waals surface area contributed by atoms with Crippen molar-refractivity contribution >= 4 is 0 Å². The van der Waals surface area contributed by atoms with Crippen LogP contribution in [0.5, 0.6) is 0 Å². The number of aromatic nitrogens is 1. The van der Waals surface area contributed by atoms with Crippen molar-refractivity contribution in [1.29, 1.82) is 0 Å². The lowest BCUT2D eigenvalue weighted by Gasteiger charge is -2.15. The largest absolute Gasteiger partial charge is 0.382 e. The minimum absolute atomic E-state index is 0.325. The fourth-order valence-electron chi connectivity index (χ4n) is 2.02. The predicted octanol–water partition coefficient (Wildman–Crippen LogP) is 3.42. The average Bonchev–Trinajstić information content (AvgIpc) is 2.44. The highest BCUT2D eigenvalue weighted by Crippen LogP contribution is 2.24. The third kappa shape index (κ3) is 3.26. The van der Waals surface area contributed by atoms with Crippen molar-refractivity contribution in [1.82, 2.24) is 4.98 Å². The quantitative estimate of drug-likeness (QED) is 0.657. The number of pyridine rings is 1. The second-order valence-electron chi connectivity index (χ2n) is 4.31. The van der Waals surface area contributed by atoms with E-state index in [1.165, 1.54) is 6.07 Å². The highest BCUT2D eigenvalue weighted by molar-refractivity contribution is 5.34. The minimum Gasteiger partial charge on any atom is -0.382 e. The molecular weight excluding hydrogens is 241 g/mol. The van der Waals surface area contributed by atoms with E-state index in [1.54, 1.807) is 12.1 Å². The first-order valence-corrected chi connectivity index (χ1v) is 6.21. The Labute approximate surface area is 112 Å². The van der Waals surface area contributed by atoms with Crippen LogP contribution in [-0.4, -0.2) is 10.1 Å². The number of hydrogen-bond acceptors (Lipinski definition) is 2.